The highest BCUT2D eigenvalue weighted by Gasteiger charge is 2.25. The van der Waals surface area contributed by atoms with E-state index in [-0.39, 0.29) is 17.1 Å². The molecule has 2 saturated carbocycles. The van der Waals surface area contributed by atoms with Crippen LogP contribution in [0.15, 0.2) is 51.7 Å². The maximum absolute atomic E-state index is 15.5. The Morgan fingerprint density at radius 2 is 1.55 bits per heavy atom. The summed E-state index contributed by atoms with van der Waals surface area (Å²) in [5, 5.41) is 0.719. The summed E-state index contributed by atoms with van der Waals surface area (Å²) in [6.45, 7) is 4.57. The molecular weight excluding hydrogens is 411 g/mol. The Balaban J connectivity index is 1.41. The van der Waals surface area contributed by atoms with Crippen molar-refractivity contribution in [3.05, 3.63) is 69.8 Å². The number of hydrogen-bond acceptors (Lipinski definition) is 2. The lowest BCUT2D eigenvalue weighted by Crippen LogP contribution is -2.15. The third-order valence-corrected chi connectivity index (χ3v) is 8.44. The van der Waals surface area contributed by atoms with Gasteiger partial charge in [-0.2, -0.15) is 0 Å². The fourth-order valence-electron chi connectivity index (χ4n) is 6.11. The van der Waals surface area contributed by atoms with Gasteiger partial charge < -0.3 is 4.42 Å². The van der Waals surface area contributed by atoms with E-state index in [0.29, 0.717) is 22.6 Å². The molecule has 5 rings (SSSR count). The monoisotopic (exact) mass is 446 g/mol. The second kappa shape index (κ2) is 9.44. The summed E-state index contributed by atoms with van der Waals surface area (Å²) < 4.78 is 21.1. The van der Waals surface area contributed by atoms with E-state index in [2.05, 4.69) is 26.0 Å². The van der Waals surface area contributed by atoms with Gasteiger partial charge in [0, 0.05) is 5.56 Å². The first-order valence-corrected chi connectivity index (χ1v) is 12.9. The topological polar surface area (TPSA) is 30.2 Å². The van der Waals surface area contributed by atoms with Crippen molar-refractivity contribution in [1.29, 1.82) is 0 Å². The molecule has 0 saturated heterocycles. The lowest BCUT2D eigenvalue weighted by Gasteiger charge is -2.28. The number of rotatable bonds is 4. The summed E-state index contributed by atoms with van der Waals surface area (Å²) in [4.78, 5) is 12.9. The summed E-state index contributed by atoms with van der Waals surface area (Å²) in [6, 6.07) is 14.0. The van der Waals surface area contributed by atoms with Crippen LogP contribution in [0.2, 0.25) is 0 Å². The first-order valence-electron chi connectivity index (χ1n) is 12.9. The van der Waals surface area contributed by atoms with Gasteiger partial charge in [-0.15, -0.1) is 0 Å². The van der Waals surface area contributed by atoms with Crippen molar-refractivity contribution < 1.29 is 8.81 Å². The Kier molecular flexibility index (Phi) is 6.40. The highest BCUT2D eigenvalue weighted by Crippen LogP contribution is 2.39. The van der Waals surface area contributed by atoms with Crippen molar-refractivity contribution in [2.75, 3.05) is 0 Å². The molecule has 1 heterocycles. The smallest absolute Gasteiger partial charge is 0.347 e. The van der Waals surface area contributed by atoms with Crippen LogP contribution in [-0.2, 0) is 0 Å². The fourth-order valence-corrected chi connectivity index (χ4v) is 6.11. The number of benzene rings is 2. The Hall–Kier alpha value is -2.42. The van der Waals surface area contributed by atoms with Gasteiger partial charge in [-0.1, -0.05) is 69.5 Å². The minimum absolute atomic E-state index is 0.0989. The molecular formula is C30H35FO2. The first-order chi connectivity index (χ1) is 16.0. The van der Waals surface area contributed by atoms with Gasteiger partial charge in [0.2, 0.25) is 0 Å². The maximum atomic E-state index is 15.5. The van der Waals surface area contributed by atoms with Crippen LogP contribution in [0.25, 0.3) is 22.1 Å². The molecule has 0 atom stereocenters. The van der Waals surface area contributed by atoms with Crippen molar-refractivity contribution in [3.63, 3.8) is 0 Å². The lowest BCUT2D eigenvalue weighted by molar-refractivity contribution is 0.315. The number of hydrogen-bond donors (Lipinski definition) is 0. The van der Waals surface area contributed by atoms with E-state index in [1.807, 2.05) is 30.3 Å². The fraction of sp³-hybridized carbons (Fsp3) is 0.500. The van der Waals surface area contributed by atoms with Crippen LogP contribution < -0.4 is 5.63 Å². The van der Waals surface area contributed by atoms with Crippen molar-refractivity contribution in [2.45, 2.75) is 83.5 Å². The number of halogens is 1. The molecule has 0 unspecified atom stereocenters. The molecule has 0 radical (unpaired) electrons. The molecule has 0 aliphatic heterocycles. The molecule has 0 bridgehead atoms. The molecule has 3 heteroatoms. The molecule has 0 N–H and O–H groups in total. The third kappa shape index (κ3) is 4.52. The zero-order chi connectivity index (χ0) is 22.9. The standard InChI is InChI=1S/C30H35FO2/c1-3-20-6-10-23(11-7-20)26-17-16-25-18-27(33-30(32)28(25)29(26)31)24-14-12-22(13-15-24)21-8-4-19(2)5-9-21/h12-21,23H,3-11H2,1-2H3. The highest BCUT2D eigenvalue weighted by atomic mass is 19.1. The Bertz CT molecular complexity index is 1160. The van der Waals surface area contributed by atoms with Crippen LogP contribution in [0.3, 0.4) is 0 Å². The van der Waals surface area contributed by atoms with Gasteiger partial charge in [-0.3, -0.25) is 0 Å². The molecule has 2 nitrogen and oxygen atoms in total. The second-order valence-electron chi connectivity index (χ2n) is 10.5. The quantitative estimate of drug-likeness (QED) is 0.402. The van der Waals surface area contributed by atoms with Gasteiger partial charge in [-0.25, -0.2) is 9.18 Å². The molecule has 33 heavy (non-hydrogen) atoms. The first kappa shape index (κ1) is 22.4. The third-order valence-electron chi connectivity index (χ3n) is 8.44. The van der Waals surface area contributed by atoms with Gasteiger partial charge in [0.1, 0.15) is 17.0 Å². The van der Waals surface area contributed by atoms with E-state index < -0.39 is 5.63 Å². The van der Waals surface area contributed by atoms with Crippen molar-refractivity contribution >= 4 is 10.8 Å². The van der Waals surface area contributed by atoms with E-state index in [1.54, 1.807) is 0 Å². The molecule has 1 aromatic heterocycles. The molecule has 174 valence electrons. The molecule has 0 amide bonds. The summed E-state index contributed by atoms with van der Waals surface area (Å²) in [6.07, 6.45) is 10.5. The minimum atomic E-state index is -0.575. The average Bonchev–Trinajstić information content (AvgIpc) is 2.85. The molecule has 3 aromatic rings. The van der Waals surface area contributed by atoms with Crippen LogP contribution in [0, 0.1) is 17.7 Å². The molecule has 2 fully saturated rings. The molecule has 2 aromatic carbocycles. The molecule has 2 aliphatic rings. The number of fused-ring (bicyclic) bond motifs is 1. The normalized spacial score (nSPS) is 25.9. The van der Waals surface area contributed by atoms with E-state index in [4.69, 9.17) is 4.42 Å². The van der Waals surface area contributed by atoms with Gasteiger partial charge in [0.25, 0.3) is 0 Å². The lowest BCUT2D eigenvalue weighted by atomic mass is 9.77. The van der Waals surface area contributed by atoms with Crippen LogP contribution in [0.4, 0.5) is 4.39 Å². The second-order valence-corrected chi connectivity index (χ2v) is 10.5. The minimum Gasteiger partial charge on any atom is -0.422 e. The van der Waals surface area contributed by atoms with Gasteiger partial charge in [-0.05, 0) is 84.8 Å². The summed E-state index contributed by atoms with van der Waals surface area (Å²) >= 11 is 0. The average molecular weight is 447 g/mol. The largest absolute Gasteiger partial charge is 0.422 e. The van der Waals surface area contributed by atoms with E-state index in [9.17, 15) is 4.79 Å². The van der Waals surface area contributed by atoms with Crippen LogP contribution >= 0.6 is 0 Å². The van der Waals surface area contributed by atoms with Crippen molar-refractivity contribution in [2.24, 2.45) is 11.8 Å². The van der Waals surface area contributed by atoms with Gasteiger partial charge >= 0.3 is 5.63 Å². The van der Waals surface area contributed by atoms with Crippen LogP contribution in [-0.4, -0.2) is 0 Å². The van der Waals surface area contributed by atoms with E-state index in [1.165, 1.54) is 37.7 Å². The SMILES string of the molecule is CCC1CCC(c2ccc3cc(-c4ccc(C5CCC(C)CC5)cc4)oc(=O)c3c2F)CC1. The molecule has 0 spiro atoms. The Morgan fingerprint density at radius 3 is 2.21 bits per heavy atom. The summed E-state index contributed by atoms with van der Waals surface area (Å²) in [5.74, 6) is 2.54. The summed E-state index contributed by atoms with van der Waals surface area (Å²) in [5.41, 5.74) is 2.34. The van der Waals surface area contributed by atoms with E-state index in [0.717, 1.165) is 43.1 Å². The van der Waals surface area contributed by atoms with Crippen molar-refractivity contribution in [1.82, 2.24) is 0 Å². The van der Waals surface area contributed by atoms with Crippen molar-refractivity contribution in [3.8, 4) is 11.3 Å². The van der Waals surface area contributed by atoms with Crippen LogP contribution in [0.5, 0.6) is 0 Å². The zero-order valence-corrected chi connectivity index (χ0v) is 19.9. The predicted octanol–water partition coefficient (Wildman–Crippen LogP) is 8.58. The van der Waals surface area contributed by atoms with Crippen LogP contribution in [0.1, 0.15) is 94.6 Å². The Labute approximate surface area is 196 Å². The molecule has 2 aliphatic carbocycles. The maximum Gasteiger partial charge on any atom is 0.347 e. The zero-order valence-electron chi connectivity index (χ0n) is 19.9. The highest BCUT2D eigenvalue weighted by molar-refractivity contribution is 5.85. The van der Waals surface area contributed by atoms with Gasteiger partial charge in [0.15, 0.2) is 0 Å². The Morgan fingerprint density at radius 1 is 0.879 bits per heavy atom. The van der Waals surface area contributed by atoms with E-state index >= 15 is 4.39 Å². The van der Waals surface area contributed by atoms with Gasteiger partial charge in [0.05, 0.1) is 0 Å². The predicted molar refractivity (Wildman–Crippen MR) is 133 cm³/mol. The summed E-state index contributed by atoms with van der Waals surface area (Å²) in [7, 11) is 0.